The van der Waals surface area contributed by atoms with E-state index in [-0.39, 0.29) is 24.2 Å². The lowest BCUT2D eigenvalue weighted by Gasteiger charge is -2.07. The Labute approximate surface area is 102 Å². The van der Waals surface area contributed by atoms with Crippen LogP contribution in [0.4, 0.5) is 17.6 Å². The fourth-order valence-corrected chi connectivity index (χ4v) is 1.43. The highest BCUT2D eigenvalue weighted by atomic mass is 19.4. The number of benzene rings is 1. The molecular formula is C12H12F4O2. The van der Waals surface area contributed by atoms with Crippen LogP contribution < -0.4 is 4.74 Å². The first-order valence-electron chi connectivity index (χ1n) is 5.27. The summed E-state index contributed by atoms with van der Waals surface area (Å²) in [6, 6.07) is 3.47. The van der Waals surface area contributed by atoms with Crippen molar-refractivity contribution >= 4 is 5.78 Å². The molecule has 0 aliphatic rings. The van der Waals surface area contributed by atoms with Gasteiger partial charge in [0.05, 0.1) is 7.11 Å². The Kier molecular flexibility index (Phi) is 4.69. The molecule has 0 bridgehead atoms. The second-order valence-electron chi connectivity index (χ2n) is 3.74. The summed E-state index contributed by atoms with van der Waals surface area (Å²) in [4.78, 5) is 11.6. The molecule has 0 saturated heterocycles. The van der Waals surface area contributed by atoms with Crippen molar-refractivity contribution in [2.45, 2.75) is 25.4 Å². The van der Waals surface area contributed by atoms with E-state index in [9.17, 15) is 22.4 Å². The first-order chi connectivity index (χ1) is 8.33. The van der Waals surface area contributed by atoms with Gasteiger partial charge in [0, 0.05) is 18.4 Å². The number of ether oxygens (including phenoxy) is 1. The molecule has 0 saturated carbocycles. The molecule has 0 atom stereocenters. The summed E-state index contributed by atoms with van der Waals surface area (Å²) in [5.41, 5.74) is 0.149. The van der Waals surface area contributed by atoms with Crippen LogP contribution in [0.5, 0.6) is 5.75 Å². The summed E-state index contributed by atoms with van der Waals surface area (Å²) in [7, 11) is 1.25. The number of ketones is 1. The Morgan fingerprint density at radius 3 is 2.56 bits per heavy atom. The highest BCUT2D eigenvalue weighted by molar-refractivity contribution is 5.96. The monoisotopic (exact) mass is 264 g/mol. The third-order valence-electron chi connectivity index (χ3n) is 2.34. The second-order valence-corrected chi connectivity index (χ2v) is 3.74. The van der Waals surface area contributed by atoms with Crippen molar-refractivity contribution in [1.29, 1.82) is 0 Å². The van der Waals surface area contributed by atoms with Crippen molar-refractivity contribution in [3.05, 3.63) is 29.6 Å². The van der Waals surface area contributed by atoms with E-state index >= 15 is 0 Å². The van der Waals surface area contributed by atoms with E-state index in [0.717, 1.165) is 6.07 Å². The van der Waals surface area contributed by atoms with Gasteiger partial charge in [0.2, 0.25) is 0 Å². The summed E-state index contributed by atoms with van der Waals surface area (Å²) in [5, 5.41) is 0. The molecule has 0 aliphatic carbocycles. The van der Waals surface area contributed by atoms with Crippen molar-refractivity contribution in [1.82, 2.24) is 0 Å². The molecular weight excluding hydrogens is 252 g/mol. The smallest absolute Gasteiger partial charge is 0.389 e. The van der Waals surface area contributed by atoms with Crippen LogP contribution in [0, 0.1) is 5.82 Å². The van der Waals surface area contributed by atoms with E-state index in [1.165, 1.54) is 19.2 Å². The molecule has 2 nitrogen and oxygen atoms in total. The third kappa shape index (κ3) is 4.35. The van der Waals surface area contributed by atoms with Gasteiger partial charge in [-0.1, -0.05) is 0 Å². The van der Waals surface area contributed by atoms with E-state index in [1.807, 2.05) is 0 Å². The topological polar surface area (TPSA) is 26.3 Å². The Balaban J connectivity index is 2.62. The summed E-state index contributed by atoms with van der Waals surface area (Å²) < 4.78 is 53.4. The lowest BCUT2D eigenvalue weighted by molar-refractivity contribution is -0.135. The molecule has 1 aromatic carbocycles. The number of alkyl halides is 3. The van der Waals surface area contributed by atoms with E-state index in [1.54, 1.807) is 0 Å². The largest absolute Gasteiger partial charge is 0.494 e. The highest BCUT2D eigenvalue weighted by Crippen LogP contribution is 2.24. The number of Topliss-reactive ketones (excluding diaryl/α,β-unsaturated/α-hetero) is 1. The van der Waals surface area contributed by atoms with Gasteiger partial charge in [-0.3, -0.25) is 4.79 Å². The van der Waals surface area contributed by atoms with Crippen LogP contribution in [0.2, 0.25) is 0 Å². The van der Waals surface area contributed by atoms with Gasteiger partial charge in [-0.05, 0) is 24.6 Å². The number of hydrogen-bond acceptors (Lipinski definition) is 2. The van der Waals surface area contributed by atoms with E-state index in [0.29, 0.717) is 0 Å². The molecule has 18 heavy (non-hydrogen) atoms. The van der Waals surface area contributed by atoms with Crippen LogP contribution in [0.1, 0.15) is 29.6 Å². The average molecular weight is 264 g/mol. The molecule has 1 rings (SSSR count). The van der Waals surface area contributed by atoms with Gasteiger partial charge in [-0.15, -0.1) is 0 Å². The predicted molar refractivity (Wildman–Crippen MR) is 57.2 cm³/mol. The van der Waals surface area contributed by atoms with Gasteiger partial charge in [-0.25, -0.2) is 4.39 Å². The van der Waals surface area contributed by atoms with Crippen molar-refractivity contribution in [3.63, 3.8) is 0 Å². The van der Waals surface area contributed by atoms with Crippen molar-refractivity contribution in [2.75, 3.05) is 7.11 Å². The quantitative estimate of drug-likeness (QED) is 0.598. The molecule has 0 aliphatic heterocycles. The molecule has 0 N–H and O–H groups in total. The maximum atomic E-state index is 13.1. The van der Waals surface area contributed by atoms with Crippen molar-refractivity contribution in [2.24, 2.45) is 0 Å². The lowest BCUT2D eigenvalue weighted by atomic mass is 10.0. The zero-order valence-corrected chi connectivity index (χ0v) is 9.68. The Morgan fingerprint density at radius 1 is 1.33 bits per heavy atom. The molecule has 0 unspecified atom stereocenters. The number of methoxy groups -OCH3 is 1. The number of rotatable bonds is 5. The summed E-state index contributed by atoms with van der Waals surface area (Å²) in [6.45, 7) is 0. The summed E-state index contributed by atoms with van der Waals surface area (Å²) in [6.07, 6.45) is -5.77. The van der Waals surface area contributed by atoms with Crippen LogP contribution >= 0.6 is 0 Å². The fourth-order valence-electron chi connectivity index (χ4n) is 1.43. The van der Waals surface area contributed by atoms with Crippen molar-refractivity contribution < 1.29 is 27.1 Å². The number of carbonyl (C=O) groups is 1. The van der Waals surface area contributed by atoms with Gasteiger partial charge in [0.25, 0.3) is 0 Å². The molecule has 0 heterocycles. The van der Waals surface area contributed by atoms with E-state index in [2.05, 4.69) is 4.74 Å². The van der Waals surface area contributed by atoms with Crippen LogP contribution in [0.3, 0.4) is 0 Å². The van der Waals surface area contributed by atoms with Gasteiger partial charge in [-0.2, -0.15) is 13.2 Å². The SMILES string of the molecule is COc1cc(C(=O)CCCC(F)(F)F)ccc1F. The third-order valence-corrected chi connectivity index (χ3v) is 2.34. The zero-order chi connectivity index (χ0) is 13.8. The highest BCUT2D eigenvalue weighted by Gasteiger charge is 2.26. The minimum atomic E-state index is -4.26. The molecule has 0 radical (unpaired) electrons. The first kappa shape index (κ1) is 14.5. The molecule has 0 fully saturated rings. The average Bonchev–Trinajstić information content (AvgIpc) is 2.27. The van der Waals surface area contributed by atoms with Crippen LogP contribution in [0.15, 0.2) is 18.2 Å². The second kappa shape index (κ2) is 5.84. The number of halogens is 4. The Morgan fingerprint density at radius 2 is 2.00 bits per heavy atom. The minimum Gasteiger partial charge on any atom is -0.494 e. The molecule has 6 heteroatoms. The first-order valence-corrected chi connectivity index (χ1v) is 5.27. The minimum absolute atomic E-state index is 0.100. The van der Waals surface area contributed by atoms with Gasteiger partial charge in [0.1, 0.15) is 0 Å². The lowest BCUT2D eigenvalue weighted by Crippen LogP contribution is -2.08. The number of hydrogen-bond donors (Lipinski definition) is 0. The van der Waals surface area contributed by atoms with Crippen LogP contribution in [0.25, 0.3) is 0 Å². The van der Waals surface area contributed by atoms with Crippen LogP contribution in [-0.4, -0.2) is 19.1 Å². The zero-order valence-electron chi connectivity index (χ0n) is 9.68. The molecule has 0 spiro atoms. The van der Waals surface area contributed by atoms with Crippen molar-refractivity contribution in [3.8, 4) is 5.75 Å². The Bertz CT molecular complexity index is 427. The molecule has 0 amide bonds. The van der Waals surface area contributed by atoms with Gasteiger partial charge < -0.3 is 4.74 Å². The van der Waals surface area contributed by atoms with Crippen LogP contribution in [-0.2, 0) is 0 Å². The van der Waals surface area contributed by atoms with E-state index in [4.69, 9.17) is 0 Å². The maximum Gasteiger partial charge on any atom is 0.389 e. The predicted octanol–water partition coefficient (Wildman–Crippen LogP) is 3.75. The standard InChI is InChI=1S/C12H12F4O2/c1-18-11-7-8(4-5-9(11)13)10(17)3-2-6-12(14,15)16/h4-5,7H,2-3,6H2,1H3. The molecule has 1 aromatic rings. The summed E-state index contributed by atoms with van der Waals surface area (Å²) in [5.74, 6) is -1.18. The van der Waals surface area contributed by atoms with Gasteiger partial charge in [0.15, 0.2) is 17.3 Å². The molecule has 100 valence electrons. The maximum absolute atomic E-state index is 13.1. The summed E-state index contributed by atoms with van der Waals surface area (Å²) >= 11 is 0. The normalized spacial score (nSPS) is 11.4. The Hall–Kier alpha value is -1.59. The molecule has 0 aromatic heterocycles. The fraction of sp³-hybridized carbons (Fsp3) is 0.417. The van der Waals surface area contributed by atoms with Gasteiger partial charge >= 0.3 is 6.18 Å². The number of carbonyl (C=O) groups excluding carboxylic acids is 1. The van der Waals surface area contributed by atoms with E-state index < -0.39 is 24.2 Å².